The van der Waals surface area contributed by atoms with E-state index in [1.54, 1.807) is 0 Å². The highest BCUT2D eigenvalue weighted by atomic mass is 28.4. The minimum absolute atomic E-state index is 0.613. The smallest absolute Gasteiger partial charge is 0.182 e. The zero-order chi connectivity index (χ0) is 8.91. The molecule has 0 bridgehead atoms. The van der Waals surface area contributed by atoms with E-state index < -0.39 is 8.32 Å². The Morgan fingerprint density at radius 1 is 1.45 bits per heavy atom. The van der Waals surface area contributed by atoms with Gasteiger partial charge < -0.3 is 10.1 Å². The quantitative estimate of drug-likeness (QED) is 0.620. The van der Waals surface area contributed by atoms with Gasteiger partial charge in [0.15, 0.2) is 8.32 Å². The van der Waals surface area contributed by atoms with Gasteiger partial charge in [0.2, 0.25) is 0 Å². The van der Waals surface area contributed by atoms with Crippen molar-refractivity contribution in [1.29, 1.82) is 0 Å². The average molecular weight is 175 g/mol. The van der Waals surface area contributed by atoms with Gasteiger partial charge in [-0.15, -0.1) is 0 Å². The fourth-order valence-corrected chi connectivity index (χ4v) is 3.17. The van der Waals surface area contributed by atoms with Crippen LogP contribution in [0, 0.1) is 5.92 Å². The van der Waals surface area contributed by atoms with Crippen LogP contribution in [0.1, 0.15) is 13.8 Å². The van der Waals surface area contributed by atoms with Crippen molar-refractivity contribution in [2.45, 2.75) is 33.0 Å². The molecule has 0 heterocycles. The van der Waals surface area contributed by atoms with E-state index in [0.717, 1.165) is 19.1 Å². The molecule has 0 aliphatic rings. The van der Waals surface area contributed by atoms with Gasteiger partial charge in [-0.3, -0.25) is 0 Å². The first-order valence-corrected chi connectivity index (χ1v) is 7.54. The van der Waals surface area contributed by atoms with Crippen molar-refractivity contribution in [3.05, 3.63) is 0 Å². The number of rotatable bonds is 5. The summed E-state index contributed by atoms with van der Waals surface area (Å²) < 4.78 is 0. The SMILES string of the molecule is CCNCC(C)C[Si](C)(C)O. The molecule has 0 radical (unpaired) electrons. The fourth-order valence-electron chi connectivity index (χ4n) is 1.32. The van der Waals surface area contributed by atoms with Gasteiger partial charge in [-0.05, 0) is 38.1 Å². The lowest BCUT2D eigenvalue weighted by molar-refractivity contribution is 0.497. The van der Waals surface area contributed by atoms with Gasteiger partial charge in [-0.1, -0.05) is 13.8 Å². The second-order valence-corrected chi connectivity index (χ2v) is 7.96. The molecule has 0 aliphatic heterocycles. The maximum absolute atomic E-state index is 9.60. The summed E-state index contributed by atoms with van der Waals surface area (Å²) in [5.74, 6) is 0.613. The molecule has 0 aromatic carbocycles. The maximum atomic E-state index is 9.60. The van der Waals surface area contributed by atoms with Crippen LogP contribution in [0.3, 0.4) is 0 Å². The Morgan fingerprint density at radius 3 is 2.36 bits per heavy atom. The summed E-state index contributed by atoms with van der Waals surface area (Å²) in [5.41, 5.74) is 0. The lowest BCUT2D eigenvalue weighted by Gasteiger charge is -2.19. The van der Waals surface area contributed by atoms with Crippen molar-refractivity contribution in [1.82, 2.24) is 5.32 Å². The Bertz CT molecular complexity index is 101. The molecule has 3 heteroatoms. The highest BCUT2D eigenvalue weighted by Crippen LogP contribution is 2.12. The molecule has 2 N–H and O–H groups in total. The molecule has 68 valence electrons. The van der Waals surface area contributed by atoms with Crippen molar-refractivity contribution < 1.29 is 4.80 Å². The van der Waals surface area contributed by atoms with Crippen LogP contribution in [-0.2, 0) is 0 Å². The Hall–Kier alpha value is 0.137. The van der Waals surface area contributed by atoms with Crippen LogP contribution < -0.4 is 5.32 Å². The molecule has 1 unspecified atom stereocenters. The van der Waals surface area contributed by atoms with E-state index in [1.165, 1.54) is 0 Å². The molecular formula is C8H21NOSi. The van der Waals surface area contributed by atoms with Gasteiger partial charge >= 0.3 is 0 Å². The highest BCUT2D eigenvalue weighted by Gasteiger charge is 2.19. The van der Waals surface area contributed by atoms with Gasteiger partial charge in [-0.2, -0.15) is 0 Å². The second kappa shape index (κ2) is 4.90. The van der Waals surface area contributed by atoms with Crippen LogP contribution in [-0.4, -0.2) is 26.2 Å². The molecule has 0 aromatic rings. The highest BCUT2D eigenvalue weighted by molar-refractivity contribution is 6.69. The third kappa shape index (κ3) is 8.04. The van der Waals surface area contributed by atoms with E-state index in [0.29, 0.717) is 5.92 Å². The third-order valence-corrected chi connectivity index (χ3v) is 3.29. The summed E-state index contributed by atoms with van der Waals surface area (Å²) in [6.07, 6.45) is 0. The maximum Gasteiger partial charge on any atom is 0.182 e. The van der Waals surface area contributed by atoms with Crippen molar-refractivity contribution in [2.24, 2.45) is 5.92 Å². The first-order valence-electron chi connectivity index (χ1n) is 4.39. The van der Waals surface area contributed by atoms with Gasteiger partial charge in [-0.25, -0.2) is 0 Å². The van der Waals surface area contributed by atoms with E-state index in [-0.39, 0.29) is 0 Å². The van der Waals surface area contributed by atoms with Crippen molar-refractivity contribution in [3.63, 3.8) is 0 Å². The second-order valence-electron chi connectivity index (χ2n) is 3.93. The first kappa shape index (κ1) is 11.1. The Kier molecular flexibility index (Phi) is 4.96. The van der Waals surface area contributed by atoms with E-state index in [4.69, 9.17) is 0 Å². The van der Waals surface area contributed by atoms with Crippen LogP contribution in [0.2, 0.25) is 19.1 Å². The van der Waals surface area contributed by atoms with Crippen molar-refractivity contribution in [3.8, 4) is 0 Å². The minimum Gasteiger partial charge on any atom is -0.432 e. The van der Waals surface area contributed by atoms with Crippen LogP contribution in [0.5, 0.6) is 0 Å². The summed E-state index contributed by atoms with van der Waals surface area (Å²) in [5, 5.41) is 3.28. The van der Waals surface area contributed by atoms with Crippen molar-refractivity contribution >= 4 is 8.32 Å². The molecule has 2 nitrogen and oxygen atoms in total. The molecule has 0 aliphatic carbocycles. The topological polar surface area (TPSA) is 32.3 Å². The molecule has 0 saturated heterocycles. The van der Waals surface area contributed by atoms with Crippen LogP contribution in [0.15, 0.2) is 0 Å². The Labute approximate surface area is 71.1 Å². The van der Waals surface area contributed by atoms with Crippen LogP contribution in [0.4, 0.5) is 0 Å². The largest absolute Gasteiger partial charge is 0.432 e. The monoisotopic (exact) mass is 175 g/mol. The molecule has 0 spiro atoms. The summed E-state index contributed by atoms with van der Waals surface area (Å²) in [7, 11) is -1.81. The van der Waals surface area contributed by atoms with Gasteiger partial charge in [0.25, 0.3) is 0 Å². The lowest BCUT2D eigenvalue weighted by atomic mass is 10.2. The van der Waals surface area contributed by atoms with Gasteiger partial charge in [0.05, 0.1) is 0 Å². The molecule has 0 amide bonds. The molecular weight excluding hydrogens is 154 g/mol. The average Bonchev–Trinajstić information content (AvgIpc) is 1.79. The number of hydrogen-bond acceptors (Lipinski definition) is 2. The van der Waals surface area contributed by atoms with E-state index in [2.05, 4.69) is 19.2 Å². The van der Waals surface area contributed by atoms with Crippen LogP contribution >= 0.6 is 0 Å². The summed E-state index contributed by atoms with van der Waals surface area (Å²) in [6.45, 7) is 10.3. The number of nitrogens with one attached hydrogen (secondary N) is 1. The zero-order valence-corrected chi connectivity index (χ0v) is 9.15. The standard InChI is InChI=1S/C8H21NOSi/c1-5-9-6-8(2)7-11(3,4)10/h8-10H,5-7H2,1-4H3. The minimum atomic E-state index is -1.81. The van der Waals surface area contributed by atoms with Crippen molar-refractivity contribution in [2.75, 3.05) is 13.1 Å². The fraction of sp³-hybridized carbons (Fsp3) is 1.00. The van der Waals surface area contributed by atoms with Gasteiger partial charge in [0, 0.05) is 0 Å². The first-order chi connectivity index (χ1) is 4.95. The van der Waals surface area contributed by atoms with E-state index in [9.17, 15) is 4.80 Å². The molecule has 0 fully saturated rings. The predicted molar refractivity (Wildman–Crippen MR) is 52.2 cm³/mol. The van der Waals surface area contributed by atoms with Crippen LogP contribution in [0.25, 0.3) is 0 Å². The summed E-state index contributed by atoms with van der Waals surface area (Å²) in [4.78, 5) is 9.60. The molecule has 1 atom stereocenters. The normalized spacial score (nSPS) is 15.0. The predicted octanol–water partition coefficient (Wildman–Crippen LogP) is 1.43. The number of hydrogen-bond donors (Lipinski definition) is 2. The zero-order valence-electron chi connectivity index (χ0n) is 8.15. The Balaban J connectivity index is 3.44. The lowest BCUT2D eigenvalue weighted by Crippen LogP contribution is -2.31. The van der Waals surface area contributed by atoms with E-state index in [1.807, 2.05) is 13.1 Å². The molecule has 0 saturated carbocycles. The van der Waals surface area contributed by atoms with Gasteiger partial charge in [0.1, 0.15) is 0 Å². The molecule has 0 aromatic heterocycles. The summed E-state index contributed by atoms with van der Waals surface area (Å²) in [6, 6.07) is 1.00. The van der Waals surface area contributed by atoms with E-state index >= 15 is 0 Å². The summed E-state index contributed by atoms with van der Waals surface area (Å²) >= 11 is 0. The molecule has 0 rings (SSSR count). The molecule has 11 heavy (non-hydrogen) atoms. The third-order valence-electron chi connectivity index (χ3n) is 1.59. The Morgan fingerprint density at radius 2 is 2.00 bits per heavy atom.